The van der Waals surface area contributed by atoms with Crippen LogP contribution >= 0.6 is 0 Å². The lowest BCUT2D eigenvalue weighted by molar-refractivity contribution is -0.383. The van der Waals surface area contributed by atoms with Gasteiger partial charge in [-0.05, 0) is 0 Å². The van der Waals surface area contributed by atoms with Gasteiger partial charge in [-0.2, -0.15) is 0 Å². The smallest absolute Gasteiger partial charge is 0.224 e. The summed E-state index contributed by atoms with van der Waals surface area (Å²) in [6, 6.07) is 0. The van der Waals surface area contributed by atoms with Crippen molar-refractivity contribution in [3.05, 3.63) is 0 Å². The monoisotopic (exact) mass is 1070 g/mol. The van der Waals surface area contributed by atoms with Gasteiger partial charge in [-0.25, -0.2) is 0 Å². The van der Waals surface area contributed by atoms with Gasteiger partial charge in [0.25, 0.3) is 0 Å². The zero-order valence-corrected chi connectivity index (χ0v) is 38.9. The summed E-state index contributed by atoms with van der Waals surface area (Å²) in [7, 11) is 3.83. The van der Waals surface area contributed by atoms with E-state index in [0.717, 1.165) is 0 Å². The van der Waals surface area contributed by atoms with E-state index in [1.165, 1.54) is 21.3 Å². The third-order valence-corrected chi connectivity index (χ3v) is 12.6. The van der Waals surface area contributed by atoms with Crippen molar-refractivity contribution in [1.82, 2.24) is 0 Å². The molecule has 72 heavy (non-hydrogen) atoms. The van der Waals surface area contributed by atoms with Gasteiger partial charge in [0.05, 0.1) is 39.6 Å². The molecule has 6 aliphatic rings. The summed E-state index contributed by atoms with van der Waals surface area (Å²) < 4.78 is 61.9. The Morgan fingerprint density at radius 2 is 0.667 bits per heavy atom. The van der Waals surface area contributed by atoms with Gasteiger partial charge in [0.2, 0.25) is 5.79 Å². The largest absolute Gasteiger partial charge is 0.394 e. The molecule has 0 radical (unpaired) electrons. The summed E-state index contributed by atoms with van der Waals surface area (Å²) in [5.41, 5.74) is 0. The number of methoxy groups -OCH3 is 3. The molecular weight excluding hydrogens is 996 g/mol. The number of rotatable bonds is 16. The van der Waals surface area contributed by atoms with Crippen LogP contribution in [0.5, 0.6) is 0 Å². The summed E-state index contributed by atoms with van der Waals surface area (Å²) in [6.07, 6.45) is -40.7. The molecule has 0 aromatic heterocycles. The van der Waals surface area contributed by atoms with Crippen molar-refractivity contribution in [2.75, 3.05) is 67.6 Å². The zero-order chi connectivity index (χ0) is 54.1. The second-order valence-corrected chi connectivity index (χ2v) is 17.3. The van der Waals surface area contributed by atoms with Crippen LogP contribution in [-0.4, -0.2) is 352 Å². The average Bonchev–Trinajstić information content (AvgIpc) is 3.61. The number of aliphatic hydroxyl groups excluding tert-OH is 21. The van der Waals surface area contributed by atoms with Crippen molar-refractivity contribution in [3.8, 4) is 0 Å². The molecular formula is C39H72O33. The van der Waals surface area contributed by atoms with Crippen molar-refractivity contribution in [2.24, 2.45) is 0 Å². The molecule has 426 valence electrons. The van der Waals surface area contributed by atoms with Gasteiger partial charge in [-0.1, -0.05) is 0 Å². The standard InChI is InChI=1S/3C13H24O11/c1-21-3-6-8(17)11(20)13(4-15,23-6)24-12-10(19)9(18)7(16)5(2-14)22-12;2*1-21-12-10(20)8(18)11(5(3-15)23-12)24-13-9(19)7(17)6(16)4(2-14)22-13/h5-12,14-20H,2-4H2,1H3;2*4-20H,2-3H2,1H3/t5-,6-,7-,8-,9+,10-,11+,12-,13+;4-,5-,6+,7+,8-,9-,10-,11-,12+,13+;4-,5-,6-,7+,8-,9-,10-,11-,12+,13-/m111/s1. The molecule has 33 heteroatoms. The van der Waals surface area contributed by atoms with Crippen molar-refractivity contribution < 1.29 is 164 Å². The number of aliphatic hydroxyl groups is 21. The highest BCUT2D eigenvalue weighted by atomic mass is 16.8. The first-order chi connectivity index (χ1) is 34.0. The molecule has 0 aliphatic carbocycles. The van der Waals surface area contributed by atoms with Crippen LogP contribution < -0.4 is 0 Å². The third kappa shape index (κ3) is 13.9. The molecule has 6 saturated heterocycles. The minimum absolute atomic E-state index is 0.0992. The lowest BCUT2D eigenvalue weighted by Crippen LogP contribution is -2.64. The first kappa shape index (κ1) is 63.2. The van der Waals surface area contributed by atoms with Gasteiger partial charge >= 0.3 is 0 Å². The normalized spacial score (nSPS) is 49.8. The van der Waals surface area contributed by atoms with E-state index >= 15 is 0 Å². The Balaban J connectivity index is 0.000000234. The SMILES string of the molecule is COC[C@H]1O[C@@](CO)(O[C@H]2O[C@H](CO)[C@@H](O)[C@H](O)[C@H]2O)[C@@H](O)[C@@H]1O.CO[C@H]1O[C@H](CO)[C@@H](O[C@@H]2O[C@H](CO)[C@H](O)[C@H](O)[C@H]2O)[C@H](O)[C@H]1O.CO[C@H]1O[C@H](CO)[C@@H](O[C@H]2O[C@H](CO)[C@@H](O)[C@H](O)[C@H]2O)[C@H](O)[C@H]1O. The van der Waals surface area contributed by atoms with Gasteiger partial charge in [-0.3, -0.25) is 0 Å². The quantitative estimate of drug-likeness (QED) is 0.0682. The molecule has 0 aromatic carbocycles. The Kier molecular flexibility index (Phi) is 24.9. The molecule has 0 saturated carbocycles. The van der Waals surface area contributed by atoms with E-state index < -0.39 is 217 Å². The van der Waals surface area contributed by atoms with E-state index in [4.69, 9.17) is 72.2 Å². The highest BCUT2D eigenvalue weighted by Gasteiger charge is 2.59. The highest BCUT2D eigenvalue weighted by molar-refractivity contribution is 4.99. The number of hydrogen-bond donors (Lipinski definition) is 21. The lowest BCUT2D eigenvalue weighted by atomic mass is 9.97. The van der Waals surface area contributed by atoms with Gasteiger partial charge < -0.3 is 164 Å². The molecule has 29 atom stereocenters. The molecule has 33 nitrogen and oxygen atoms in total. The maximum absolute atomic E-state index is 10.2. The molecule has 21 N–H and O–H groups in total. The van der Waals surface area contributed by atoms with Crippen LogP contribution in [0.15, 0.2) is 0 Å². The predicted octanol–water partition coefficient (Wildman–Crippen LogP) is -14.2. The maximum atomic E-state index is 10.2. The minimum Gasteiger partial charge on any atom is -0.394 e. The Hall–Kier alpha value is -1.32. The predicted molar refractivity (Wildman–Crippen MR) is 220 cm³/mol. The van der Waals surface area contributed by atoms with Crippen molar-refractivity contribution >= 4 is 0 Å². The fraction of sp³-hybridized carbons (Fsp3) is 1.00. The minimum atomic E-state index is -2.14. The van der Waals surface area contributed by atoms with Crippen LogP contribution in [0.25, 0.3) is 0 Å². The first-order valence-electron chi connectivity index (χ1n) is 22.4. The molecule has 0 bridgehead atoms. The van der Waals surface area contributed by atoms with Crippen LogP contribution in [0.1, 0.15) is 0 Å². The average molecular weight is 1070 g/mol. The van der Waals surface area contributed by atoms with Gasteiger partial charge in [0.15, 0.2) is 31.5 Å². The zero-order valence-electron chi connectivity index (χ0n) is 38.9. The van der Waals surface area contributed by atoms with E-state index in [-0.39, 0.29) is 6.61 Å². The van der Waals surface area contributed by atoms with Crippen LogP contribution in [0.3, 0.4) is 0 Å². The highest BCUT2D eigenvalue weighted by Crippen LogP contribution is 2.37. The fourth-order valence-electron chi connectivity index (χ4n) is 8.28. The van der Waals surface area contributed by atoms with Crippen LogP contribution in [0, 0.1) is 0 Å². The second kappa shape index (κ2) is 28.3. The molecule has 6 fully saturated rings. The summed E-state index contributed by atoms with van der Waals surface area (Å²) in [4.78, 5) is 0. The first-order valence-corrected chi connectivity index (χ1v) is 22.4. The Morgan fingerprint density at radius 3 is 0.986 bits per heavy atom. The lowest BCUT2D eigenvalue weighted by Gasteiger charge is -2.45. The molecule has 0 aromatic rings. The number of hydrogen-bond acceptors (Lipinski definition) is 33. The van der Waals surface area contributed by atoms with Crippen LogP contribution in [-0.2, 0) is 56.8 Å². The number of ether oxygens (including phenoxy) is 12. The van der Waals surface area contributed by atoms with Crippen molar-refractivity contribution in [1.29, 1.82) is 0 Å². The van der Waals surface area contributed by atoms with E-state index in [0.29, 0.717) is 0 Å². The second-order valence-electron chi connectivity index (χ2n) is 17.3. The third-order valence-electron chi connectivity index (χ3n) is 12.6. The van der Waals surface area contributed by atoms with Crippen LogP contribution in [0.4, 0.5) is 0 Å². The molecule has 0 spiro atoms. The van der Waals surface area contributed by atoms with Gasteiger partial charge in [0.1, 0.15) is 147 Å². The Morgan fingerprint density at radius 1 is 0.347 bits per heavy atom. The summed E-state index contributed by atoms with van der Waals surface area (Å²) in [6.45, 7) is -4.15. The van der Waals surface area contributed by atoms with E-state index in [1.807, 2.05) is 0 Å². The van der Waals surface area contributed by atoms with Crippen molar-refractivity contribution in [3.63, 3.8) is 0 Å². The molecule has 6 rings (SSSR count). The van der Waals surface area contributed by atoms with Gasteiger partial charge in [0, 0.05) is 21.3 Å². The fourth-order valence-corrected chi connectivity index (χ4v) is 8.28. The molecule has 0 amide bonds. The van der Waals surface area contributed by atoms with E-state index in [1.54, 1.807) is 0 Å². The molecule has 6 aliphatic heterocycles. The summed E-state index contributed by atoms with van der Waals surface area (Å²) in [5, 5.41) is 204. The van der Waals surface area contributed by atoms with Crippen LogP contribution in [0.2, 0.25) is 0 Å². The van der Waals surface area contributed by atoms with E-state index in [2.05, 4.69) is 0 Å². The topological polar surface area (TPSA) is 536 Å². The van der Waals surface area contributed by atoms with Gasteiger partial charge in [-0.15, -0.1) is 0 Å². The summed E-state index contributed by atoms with van der Waals surface area (Å²) >= 11 is 0. The molecule has 6 heterocycles. The Bertz CT molecular complexity index is 1470. The summed E-state index contributed by atoms with van der Waals surface area (Å²) in [5.74, 6) is -2.14. The van der Waals surface area contributed by atoms with E-state index in [9.17, 15) is 91.9 Å². The Labute approximate surface area is 409 Å². The maximum Gasteiger partial charge on any atom is 0.224 e. The molecule has 0 unspecified atom stereocenters. The van der Waals surface area contributed by atoms with Crippen molar-refractivity contribution in [2.45, 2.75) is 178 Å².